The van der Waals surface area contributed by atoms with E-state index >= 15 is 0 Å². The number of hydrogen-bond acceptors (Lipinski definition) is 3. The van der Waals surface area contributed by atoms with Crippen LogP contribution in [0, 0.1) is 12.8 Å². The third kappa shape index (κ3) is 6.23. The molecule has 0 unspecified atom stereocenters. The van der Waals surface area contributed by atoms with Crippen LogP contribution in [0.25, 0.3) is 5.57 Å². The molecule has 0 spiro atoms. The average Bonchev–Trinajstić information content (AvgIpc) is 2.70. The first-order valence-corrected chi connectivity index (χ1v) is 10.0. The van der Waals surface area contributed by atoms with Gasteiger partial charge in [0.1, 0.15) is 6.61 Å². The summed E-state index contributed by atoms with van der Waals surface area (Å²) in [4.78, 5) is 13.4. The predicted octanol–water partition coefficient (Wildman–Crippen LogP) is 5.27. The van der Waals surface area contributed by atoms with Crippen LogP contribution in [0.5, 0.6) is 0 Å². The van der Waals surface area contributed by atoms with Crippen molar-refractivity contribution >= 4 is 35.6 Å². The number of nitrogens with zero attached hydrogens (tertiary/aromatic N) is 1. The lowest BCUT2D eigenvalue weighted by Gasteiger charge is -2.30. The van der Waals surface area contributed by atoms with E-state index in [1.807, 2.05) is 36.4 Å². The monoisotopic (exact) mass is 435 g/mol. The Morgan fingerprint density at radius 1 is 1.21 bits per heavy atom. The van der Waals surface area contributed by atoms with Gasteiger partial charge in [-0.3, -0.25) is 9.69 Å². The van der Waals surface area contributed by atoms with Crippen molar-refractivity contribution in [2.75, 3.05) is 26.2 Å². The van der Waals surface area contributed by atoms with Gasteiger partial charge < -0.3 is 9.84 Å². The number of carboxylic acid groups (broad SMARTS) is 1. The van der Waals surface area contributed by atoms with Gasteiger partial charge in [0, 0.05) is 29.2 Å². The molecular weight excluding hydrogens is 409 g/mol. The zero-order valence-corrected chi connectivity index (χ0v) is 18.1. The number of piperidine rings is 1. The van der Waals surface area contributed by atoms with Crippen LogP contribution in [-0.4, -0.2) is 42.2 Å². The molecule has 0 amide bonds. The van der Waals surface area contributed by atoms with E-state index in [1.54, 1.807) is 6.26 Å². The van der Waals surface area contributed by atoms with Gasteiger partial charge in [0.2, 0.25) is 0 Å². The van der Waals surface area contributed by atoms with E-state index < -0.39 is 5.97 Å². The van der Waals surface area contributed by atoms with E-state index in [1.165, 1.54) is 0 Å². The number of halogens is 2. The van der Waals surface area contributed by atoms with E-state index in [0.717, 1.165) is 41.6 Å². The normalized spacial score (nSPS) is 17.4. The molecule has 1 atom stereocenters. The number of carbonyl (C=O) groups is 1. The number of carboxylic acids is 1. The fourth-order valence-corrected chi connectivity index (χ4v) is 3.85. The number of hydrogen-bond donors (Lipinski definition) is 1. The number of aryl methyl sites for hydroxylation is 1. The number of rotatable bonds is 7. The van der Waals surface area contributed by atoms with Crippen LogP contribution in [0.1, 0.15) is 29.5 Å². The molecule has 6 heteroatoms. The van der Waals surface area contributed by atoms with Crippen molar-refractivity contribution in [1.82, 2.24) is 4.90 Å². The van der Waals surface area contributed by atoms with Gasteiger partial charge in [0.05, 0.1) is 12.2 Å². The zero-order chi connectivity index (χ0) is 19.9. The molecular formula is C23H27Cl2NO3. The minimum atomic E-state index is -0.703. The third-order valence-corrected chi connectivity index (χ3v) is 5.51. The van der Waals surface area contributed by atoms with Crippen LogP contribution in [0.3, 0.4) is 0 Å². The number of likely N-dealkylation sites (tertiary alicyclic amines) is 1. The first-order valence-electron chi connectivity index (χ1n) is 9.64. The molecule has 1 heterocycles. The molecule has 1 aliphatic rings. The number of benzene rings is 2. The maximum atomic E-state index is 11.2. The third-order valence-electron chi connectivity index (χ3n) is 5.18. The quantitative estimate of drug-likeness (QED) is 0.475. The van der Waals surface area contributed by atoms with Crippen molar-refractivity contribution in [3.8, 4) is 0 Å². The molecule has 0 saturated carbocycles. The van der Waals surface area contributed by atoms with Crippen molar-refractivity contribution in [3.63, 3.8) is 0 Å². The second kappa shape index (κ2) is 11.2. The highest BCUT2D eigenvalue weighted by Crippen LogP contribution is 2.31. The van der Waals surface area contributed by atoms with Gasteiger partial charge in [0.15, 0.2) is 0 Å². The van der Waals surface area contributed by atoms with Crippen LogP contribution >= 0.6 is 24.0 Å². The Morgan fingerprint density at radius 3 is 2.59 bits per heavy atom. The fourth-order valence-electron chi connectivity index (χ4n) is 3.61. The van der Waals surface area contributed by atoms with E-state index in [9.17, 15) is 9.90 Å². The van der Waals surface area contributed by atoms with E-state index in [-0.39, 0.29) is 18.3 Å². The zero-order valence-electron chi connectivity index (χ0n) is 16.5. The Bertz CT molecular complexity index is 806. The molecule has 0 aliphatic carbocycles. The minimum Gasteiger partial charge on any atom is -0.499 e. The smallest absolute Gasteiger partial charge is 0.307 e. The maximum absolute atomic E-state index is 11.2. The van der Waals surface area contributed by atoms with Gasteiger partial charge in [-0.1, -0.05) is 54.1 Å². The largest absolute Gasteiger partial charge is 0.499 e. The molecule has 1 aliphatic heterocycles. The van der Waals surface area contributed by atoms with Crippen molar-refractivity contribution in [3.05, 3.63) is 76.5 Å². The lowest BCUT2D eigenvalue weighted by Crippen LogP contribution is -2.40. The SMILES string of the molecule is Cc1ccccc1/C(=C\OCCN1CCC[C@@H](C(=O)O)C1)c1ccccc1Cl.Cl. The maximum Gasteiger partial charge on any atom is 0.307 e. The molecule has 0 aromatic heterocycles. The van der Waals surface area contributed by atoms with Crippen LogP contribution in [-0.2, 0) is 9.53 Å². The summed E-state index contributed by atoms with van der Waals surface area (Å²) >= 11 is 6.44. The summed E-state index contributed by atoms with van der Waals surface area (Å²) in [5.74, 6) is -0.971. The summed E-state index contributed by atoms with van der Waals surface area (Å²) in [7, 11) is 0. The number of ether oxygens (including phenoxy) is 1. The highest BCUT2D eigenvalue weighted by Gasteiger charge is 2.24. The fraction of sp³-hybridized carbons (Fsp3) is 0.348. The highest BCUT2D eigenvalue weighted by atomic mass is 35.5. The summed E-state index contributed by atoms with van der Waals surface area (Å²) in [6, 6.07) is 15.9. The topological polar surface area (TPSA) is 49.8 Å². The van der Waals surface area contributed by atoms with Crippen molar-refractivity contribution in [2.45, 2.75) is 19.8 Å². The van der Waals surface area contributed by atoms with Crippen molar-refractivity contribution in [2.24, 2.45) is 5.92 Å². The lowest BCUT2D eigenvalue weighted by molar-refractivity contribution is -0.143. The molecule has 0 bridgehead atoms. The van der Waals surface area contributed by atoms with Crippen molar-refractivity contribution in [1.29, 1.82) is 0 Å². The minimum absolute atomic E-state index is 0. The molecule has 156 valence electrons. The van der Waals surface area contributed by atoms with Gasteiger partial charge in [-0.05, 0) is 43.5 Å². The Hall–Kier alpha value is -2.01. The summed E-state index contributed by atoms with van der Waals surface area (Å²) in [5, 5.41) is 9.91. The van der Waals surface area contributed by atoms with Crippen LogP contribution in [0.15, 0.2) is 54.8 Å². The average molecular weight is 436 g/mol. The molecule has 0 radical (unpaired) electrons. The molecule has 2 aromatic rings. The van der Waals surface area contributed by atoms with E-state index in [0.29, 0.717) is 24.7 Å². The molecule has 1 N–H and O–H groups in total. The van der Waals surface area contributed by atoms with Crippen LogP contribution in [0.4, 0.5) is 0 Å². The van der Waals surface area contributed by atoms with Crippen molar-refractivity contribution < 1.29 is 14.6 Å². The van der Waals surface area contributed by atoms with Gasteiger partial charge in [-0.15, -0.1) is 12.4 Å². The summed E-state index contributed by atoms with van der Waals surface area (Å²) in [5.41, 5.74) is 4.12. The summed E-state index contributed by atoms with van der Waals surface area (Å²) in [6.45, 7) is 4.80. The van der Waals surface area contributed by atoms with E-state index in [4.69, 9.17) is 16.3 Å². The molecule has 3 rings (SSSR count). The van der Waals surface area contributed by atoms with Gasteiger partial charge in [-0.2, -0.15) is 0 Å². The molecule has 1 saturated heterocycles. The second-order valence-electron chi connectivity index (χ2n) is 7.18. The Morgan fingerprint density at radius 2 is 1.90 bits per heavy atom. The molecule has 4 nitrogen and oxygen atoms in total. The predicted molar refractivity (Wildman–Crippen MR) is 120 cm³/mol. The van der Waals surface area contributed by atoms with Crippen LogP contribution in [0.2, 0.25) is 5.02 Å². The Balaban J connectivity index is 0.00000300. The van der Waals surface area contributed by atoms with Crippen LogP contribution < -0.4 is 0 Å². The van der Waals surface area contributed by atoms with Gasteiger partial charge in [-0.25, -0.2) is 0 Å². The van der Waals surface area contributed by atoms with E-state index in [2.05, 4.69) is 24.0 Å². The molecule has 29 heavy (non-hydrogen) atoms. The number of aliphatic carboxylic acids is 1. The lowest BCUT2D eigenvalue weighted by atomic mass is 9.95. The van der Waals surface area contributed by atoms with Gasteiger partial charge in [0.25, 0.3) is 0 Å². The summed E-state index contributed by atoms with van der Waals surface area (Å²) in [6.07, 6.45) is 3.46. The summed E-state index contributed by atoms with van der Waals surface area (Å²) < 4.78 is 5.90. The Labute approximate surface area is 183 Å². The first kappa shape index (κ1) is 23.3. The molecule has 2 aromatic carbocycles. The standard InChI is InChI=1S/C23H26ClNO3.ClH/c1-17-7-2-3-9-19(17)21(20-10-4-5-11-22(20)24)16-28-14-13-25-12-6-8-18(15-25)23(26)27;/h2-5,7,9-11,16,18H,6,8,12-15H2,1H3,(H,26,27);1H/b21-16+;/t18-;/m1./s1. The second-order valence-corrected chi connectivity index (χ2v) is 7.58. The van der Waals surface area contributed by atoms with Gasteiger partial charge >= 0.3 is 5.97 Å². The Kier molecular flexibility index (Phi) is 9.02. The molecule has 1 fully saturated rings. The first-order chi connectivity index (χ1) is 13.6. The highest BCUT2D eigenvalue weighted by molar-refractivity contribution is 6.32.